The van der Waals surface area contributed by atoms with Crippen LogP contribution in [0.2, 0.25) is 0 Å². The highest BCUT2D eigenvalue weighted by Gasteiger charge is 2.34. The van der Waals surface area contributed by atoms with Gasteiger partial charge in [0.15, 0.2) is 0 Å². The Labute approximate surface area is 207 Å². The predicted octanol–water partition coefficient (Wildman–Crippen LogP) is 9.39. The van der Waals surface area contributed by atoms with Crippen LogP contribution in [0.4, 0.5) is 0 Å². The maximum atomic E-state index is 9.47. The molecule has 0 saturated heterocycles. The minimum absolute atomic E-state index is 0.620. The van der Waals surface area contributed by atoms with Crippen LogP contribution in [0.5, 0.6) is 0 Å². The van der Waals surface area contributed by atoms with Gasteiger partial charge in [-0.3, -0.25) is 0 Å². The van der Waals surface area contributed by atoms with Crippen molar-refractivity contribution in [2.45, 2.75) is 21.6 Å². The van der Waals surface area contributed by atoms with E-state index in [4.69, 9.17) is 4.42 Å². The zero-order valence-electron chi connectivity index (χ0n) is 19.5. The Morgan fingerprint density at radius 2 is 1.40 bits per heavy atom. The molecule has 0 unspecified atom stereocenters. The molecule has 4 aromatic carbocycles. The largest absolute Gasteiger partial charge is 0.456 e. The first-order valence-electron chi connectivity index (χ1n) is 11.5. The summed E-state index contributed by atoms with van der Waals surface area (Å²) in [5.74, 6) is 0. The van der Waals surface area contributed by atoms with Crippen LogP contribution < -0.4 is 0 Å². The zero-order valence-corrected chi connectivity index (χ0v) is 20.3. The summed E-state index contributed by atoms with van der Waals surface area (Å²) in [6.45, 7) is 6.27. The van der Waals surface area contributed by atoms with E-state index in [1.54, 1.807) is 6.07 Å². The van der Waals surface area contributed by atoms with Crippen LogP contribution >= 0.6 is 10.0 Å². The van der Waals surface area contributed by atoms with Gasteiger partial charge in [0.2, 0.25) is 0 Å². The van der Waals surface area contributed by atoms with E-state index in [1.165, 1.54) is 14.7 Å². The molecule has 0 spiro atoms. The molecule has 0 atom stereocenters. The van der Waals surface area contributed by atoms with Gasteiger partial charge in [-0.1, -0.05) is 61.2 Å². The molecule has 0 aliphatic heterocycles. The van der Waals surface area contributed by atoms with Gasteiger partial charge in [0, 0.05) is 30.4 Å². The summed E-state index contributed by atoms with van der Waals surface area (Å²) >= 11 is 0. The second-order valence-corrected chi connectivity index (χ2v) is 11.2. The molecule has 1 heterocycles. The van der Waals surface area contributed by atoms with Crippen LogP contribution in [0.1, 0.15) is 12.5 Å². The summed E-state index contributed by atoms with van der Waals surface area (Å²) in [6, 6.07) is 35.7. The molecule has 2 nitrogen and oxygen atoms in total. The highest BCUT2D eigenvalue weighted by Crippen LogP contribution is 2.73. The van der Waals surface area contributed by atoms with E-state index >= 15 is 0 Å². The predicted molar refractivity (Wildman–Crippen MR) is 147 cm³/mol. The summed E-state index contributed by atoms with van der Waals surface area (Å²) in [4.78, 5) is 4.79. The number of rotatable bonds is 6. The van der Waals surface area contributed by atoms with Gasteiger partial charge >= 0.3 is 0 Å². The first-order chi connectivity index (χ1) is 17.2. The third-order valence-electron chi connectivity index (χ3n) is 6.12. The Hall–Kier alpha value is -4.26. The SMILES string of the molecule is C=C/C(=C\C=C/C)S(c1ccccc1)(c1ccccc1)c1ccc2oc3ccc(C#N)cc3c2c1. The van der Waals surface area contributed by atoms with Gasteiger partial charge in [0.1, 0.15) is 11.2 Å². The van der Waals surface area contributed by atoms with Crippen molar-refractivity contribution in [3.05, 3.63) is 138 Å². The van der Waals surface area contributed by atoms with E-state index in [2.05, 4.69) is 104 Å². The summed E-state index contributed by atoms with van der Waals surface area (Å²) < 4.78 is 6.14. The molecular weight excluding hydrogens is 446 g/mol. The van der Waals surface area contributed by atoms with Gasteiger partial charge in [0.05, 0.1) is 11.6 Å². The molecule has 0 aliphatic carbocycles. The van der Waals surface area contributed by atoms with Crippen LogP contribution in [0.15, 0.2) is 152 Å². The molecule has 170 valence electrons. The van der Waals surface area contributed by atoms with Crippen LogP contribution in [-0.2, 0) is 0 Å². The monoisotopic (exact) mass is 471 g/mol. The van der Waals surface area contributed by atoms with Gasteiger partial charge in [-0.05, 0) is 73.7 Å². The standard InChI is InChI=1S/C32H25NOS/c1-3-5-12-25(4-2)35(26-13-8-6-9-14-26,27-15-10-7-11-16-27)28-18-20-32-30(22-28)29-21-24(23-33)17-19-31(29)34-32/h3-22H,2H2,1H3/b5-3-,25-12+. The smallest absolute Gasteiger partial charge is 0.135 e. The lowest BCUT2D eigenvalue weighted by atomic mass is 10.1. The van der Waals surface area contributed by atoms with Crippen molar-refractivity contribution < 1.29 is 4.42 Å². The number of hydrogen-bond acceptors (Lipinski definition) is 2. The van der Waals surface area contributed by atoms with Crippen molar-refractivity contribution in [3.8, 4) is 6.07 Å². The molecule has 0 saturated carbocycles. The lowest BCUT2D eigenvalue weighted by Crippen LogP contribution is -2.06. The Bertz CT molecular complexity index is 1580. The topological polar surface area (TPSA) is 36.9 Å². The second kappa shape index (κ2) is 9.54. The minimum Gasteiger partial charge on any atom is -0.456 e. The van der Waals surface area contributed by atoms with E-state index in [0.717, 1.165) is 26.8 Å². The Balaban J connectivity index is 1.93. The fourth-order valence-corrected chi connectivity index (χ4v) is 8.43. The fourth-order valence-electron chi connectivity index (χ4n) is 4.57. The first-order valence-corrected chi connectivity index (χ1v) is 13.1. The summed E-state index contributed by atoms with van der Waals surface area (Å²) in [5.41, 5.74) is 2.21. The number of benzene rings is 4. The highest BCUT2D eigenvalue weighted by atomic mass is 32.3. The number of nitrogens with zero attached hydrogens (tertiary/aromatic N) is 1. The highest BCUT2D eigenvalue weighted by molar-refractivity contribution is 8.37. The van der Waals surface area contributed by atoms with Gasteiger partial charge in [-0.25, -0.2) is 0 Å². The van der Waals surface area contributed by atoms with E-state index in [1.807, 2.05) is 31.2 Å². The van der Waals surface area contributed by atoms with Gasteiger partial charge < -0.3 is 4.42 Å². The molecule has 0 aliphatic rings. The van der Waals surface area contributed by atoms with Crippen molar-refractivity contribution in [2.24, 2.45) is 0 Å². The summed E-state index contributed by atoms with van der Waals surface area (Å²) in [5, 5.41) is 11.4. The lowest BCUT2D eigenvalue weighted by molar-refractivity contribution is 0.668. The molecule has 5 aromatic rings. The van der Waals surface area contributed by atoms with Gasteiger partial charge in [-0.2, -0.15) is 5.26 Å². The van der Waals surface area contributed by atoms with Crippen molar-refractivity contribution >= 4 is 32.0 Å². The number of allylic oxidation sites excluding steroid dienone is 4. The van der Waals surface area contributed by atoms with Gasteiger partial charge in [0.25, 0.3) is 0 Å². The molecule has 0 N–H and O–H groups in total. The maximum Gasteiger partial charge on any atom is 0.135 e. The van der Waals surface area contributed by atoms with Crippen molar-refractivity contribution in [2.75, 3.05) is 0 Å². The molecule has 0 radical (unpaired) electrons. The second-order valence-electron chi connectivity index (χ2n) is 8.12. The van der Waals surface area contributed by atoms with Crippen LogP contribution in [0.3, 0.4) is 0 Å². The van der Waals surface area contributed by atoms with E-state index in [9.17, 15) is 5.26 Å². The number of furan rings is 1. The first kappa shape index (κ1) is 22.5. The molecule has 0 amide bonds. The quantitative estimate of drug-likeness (QED) is 0.231. The zero-order chi connectivity index (χ0) is 24.3. The van der Waals surface area contributed by atoms with Crippen LogP contribution in [0.25, 0.3) is 21.9 Å². The van der Waals surface area contributed by atoms with Gasteiger partial charge in [-0.15, -0.1) is 10.0 Å². The maximum absolute atomic E-state index is 9.47. The van der Waals surface area contributed by atoms with Crippen LogP contribution in [0, 0.1) is 11.3 Å². The van der Waals surface area contributed by atoms with Crippen LogP contribution in [-0.4, -0.2) is 0 Å². The summed E-state index contributed by atoms with van der Waals surface area (Å²) in [6.07, 6.45) is 8.28. The van der Waals surface area contributed by atoms with E-state index in [-0.39, 0.29) is 0 Å². The normalized spacial score (nSPS) is 12.7. The van der Waals surface area contributed by atoms with E-state index in [0.29, 0.717) is 5.56 Å². The lowest BCUT2D eigenvalue weighted by Gasteiger charge is -2.42. The van der Waals surface area contributed by atoms with Crippen molar-refractivity contribution in [3.63, 3.8) is 0 Å². The minimum atomic E-state index is -1.86. The molecule has 0 bridgehead atoms. The third kappa shape index (κ3) is 3.79. The molecule has 5 rings (SSSR count). The Morgan fingerprint density at radius 1 is 0.800 bits per heavy atom. The third-order valence-corrected chi connectivity index (χ3v) is 10.1. The molecular formula is C32H25NOS. The van der Waals surface area contributed by atoms with Crippen molar-refractivity contribution in [1.82, 2.24) is 0 Å². The average Bonchev–Trinajstić information content (AvgIpc) is 3.29. The summed E-state index contributed by atoms with van der Waals surface area (Å²) in [7, 11) is -1.86. The molecule has 3 heteroatoms. The fraction of sp³-hybridized carbons (Fsp3) is 0.0312. The molecule has 0 fully saturated rings. The van der Waals surface area contributed by atoms with E-state index < -0.39 is 10.0 Å². The molecule has 35 heavy (non-hydrogen) atoms. The number of nitriles is 1. The Kier molecular flexibility index (Phi) is 6.14. The average molecular weight is 472 g/mol. The Morgan fingerprint density at radius 3 is 1.97 bits per heavy atom. The van der Waals surface area contributed by atoms with Crippen molar-refractivity contribution in [1.29, 1.82) is 5.26 Å². The molecule has 1 aromatic heterocycles. The number of hydrogen-bond donors (Lipinski definition) is 0. The number of fused-ring (bicyclic) bond motifs is 3.